The Kier molecular flexibility index (Phi) is 4.01. The summed E-state index contributed by atoms with van der Waals surface area (Å²) >= 11 is 3.31. The molecule has 0 saturated carbocycles. The molecule has 1 aromatic heterocycles. The highest BCUT2D eigenvalue weighted by Gasteiger charge is 2.10. The minimum absolute atomic E-state index is 0.252. The third-order valence-corrected chi connectivity index (χ3v) is 2.87. The van der Waals surface area contributed by atoms with Crippen LogP contribution in [0.15, 0.2) is 50.3 Å². The van der Waals surface area contributed by atoms with Crippen LogP contribution in [0.5, 0.6) is 5.75 Å². The van der Waals surface area contributed by atoms with Gasteiger partial charge in [0, 0.05) is 10.5 Å². The van der Waals surface area contributed by atoms with E-state index in [9.17, 15) is 9.59 Å². The van der Waals surface area contributed by atoms with E-state index in [1.807, 2.05) is 0 Å². The van der Waals surface area contributed by atoms with Gasteiger partial charge in [-0.3, -0.25) is 4.79 Å². The monoisotopic (exact) mass is 323 g/mol. The lowest BCUT2D eigenvalue weighted by molar-refractivity contribution is 0.102. The molecule has 1 amide bonds. The van der Waals surface area contributed by atoms with E-state index in [0.717, 1.165) is 10.7 Å². The SMILES string of the molecule is COc1ccc(Br)cc1NC(=O)c1ccc(=O)oc1. The fourth-order valence-corrected chi connectivity index (χ4v) is 1.82. The van der Waals surface area contributed by atoms with Crippen molar-refractivity contribution in [3.05, 3.63) is 57.1 Å². The van der Waals surface area contributed by atoms with Gasteiger partial charge >= 0.3 is 5.63 Å². The zero-order valence-electron chi connectivity index (χ0n) is 9.98. The van der Waals surface area contributed by atoms with Crippen LogP contribution in [0.2, 0.25) is 0 Å². The summed E-state index contributed by atoms with van der Waals surface area (Å²) in [6, 6.07) is 7.83. The first-order valence-electron chi connectivity index (χ1n) is 5.34. The van der Waals surface area contributed by atoms with Crippen molar-refractivity contribution < 1.29 is 13.9 Å². The van der Waals surface area contributed by atoms with Crippen molar-refractivity contribution in [2.75, 3.05) is 12.4 Å². The van der Waals surface area contributed by atoms with Crippen molar-refractivity contribution in [3.63, 3.8) is 0 Å². The van der Waals surface area contributed by atoms with Crippen LogP contribution in [0.25, 0.3) is 0 Å². The van der Waals surface area contributed by atoms with E-state index in [1.165, 1.54) is 19.2 Å². The Labute approximate surface area is 117 Å². The van der Waals surface area contributed by atoms with Crippen LogP contribution in [-0.4, -0.2) is 13.0 Å². The molecule has 0 bridgehead atoms. The molecule has 2 aromatic rings. The van der Waals surface area contributed by atoms with Crippen LogP contribution in [-0.2, 0) is 0 Å². The smallest absolute Gasteiger partial charge is 0.335 e. The molecule has 1 N–H and O–H groups in total. The molecular weight excluding hydrogens is 314 g/mol. The fourth-order valence-electron chi connectivity index (χ4n) is 1.46. The molecule has 6 heteroatoms. The zero-order valence-corrected chi connectivity index (χ0v) is 11.6. The highest BCUT2D eigenvalue weighted by molar-refractivity contribution is 9.10. The summed E-state index contributed by atoms with van der Waals surface area (Å²) in [7, 11) is 1.51. The summed E-state index contributed by atoms with van der Waals surface area (Å²) in [6.07, 6.45) is 1.11. The average Bonchev–Trinajstić information content (AvgIpc) is 2.39. The van der Waals surface area contributed by atoms with Crippen LogP contribution in [0.4, 0.5) is 5.69 Å². The van der Waals surface area contributed by atoms with Gasteiger partial charge < -0.3 is 14.5 Å². The number of halogens is 1. The molecule has 0 aliphatic carbocycles. The summed E-state index contributed by atoms with van der Waals surface area (Å²) in [6.45, 7) is 0. The van der Waals surface area contributed by atoms with E-state index in [0.29, 0.717) is 11.4 Å². The molecule has 0 saturated heterocycles. The number of methoxy groups -OCH3 is 1. The Bertz CT molecular complexity index is 645. The number of anilines is 1. The molecule has 19 heavy (non-hydrogen) atoms. The third-order valence-electron chi connectivity index (χ3n) is 2.37. The maximum absolute atomic E-state index is 12.0. The average molecular weight is 324 g/mol. The first-order chi connectivity index (χ1) is 9.10. The number of ether oxygens (including phenoxy) is 1. The lowest BCUT2D eigenvalue weighted by Crippen LogP contribution is -2.13. The summed E-state index contributed by atoms with van der Waals surface area (Å²) in [4.78, 5) is 22.8. The van der Waals surface area contributed by atoms with Gasteiger partial charge in [-0.15, -0.1) is 0 Å². The van der Waals surface area contributed by atoms with Crippen LogP contribution >= 0.6 is 15.9 Å². The normalized spacial score (nSPS) is 10.0. The summed E-state index contributed by atoms with van der Waals surface area (Å²) in [5, 5.41) is 2.68. The molecule has 1 aromatic carbocycles. The van der Waals surface area contributed by atoms with Gasteiger partial charge in [0.2, 0.25) is 0 Å². The maximum atomic E-state index is 12.0. The second kappa shape index (κ2) is 5.71. The van der Waals surface area contributed by atoms with Crippen molar-refractivity contribution in [3.8, 4) is 5.75 Å². The van der Waals surface area contributed by atoms with Gasteiger partial charge in [-0.1, -0.05) is 15.9 Å². The van der Waals surface area contributed by atoms with E-state index in [-0.39, 0.29) is 11.5 Å². The fraction of sp³-hybridized carbons (Fsp3) is 0.0769. The minimum Gasteiger partial charge on any atom is -0.495 e. The topological polar surface area (TPSA) is 68.5 Å². The number of carbonyl (C=O) groups is 1. The van der Waals surface area contributed by atoms with Gasteiger partial charge in [-0.05, 0) is 24.3 Å². The Hall–Kier alpha value is -2.08. The van der Waals surface area contributed by atoms with E-state index < -0.39 is 5.63 Å². The largest absolute Gasteiger partial charge is 0.495 e. The number of amides is 1. The van der Waals surface area contributed by atoms with E-state index in [4.69, 9.17) is 4.74 Å². The quantitative estimate of drug-likeness (QED) is 0.942. The Morgan fingerprint density at radius 1 is 1.32 bits per heavy atom. The third kappa shape index (κ3) is 3.23. The van der Waals surface area contributed by atoms with Crippen LogP contribution < -0.4 is 15.7 Å². The Morgan fingerprint density at radius 3 is 2.74 bits per heavy atom. The van der Waals surface area contributed by atoms with Crippen LogP contribution in [0.1, 0.15) is 10.4 Å². The first kappa shape index (κ1) is 13.4. The Morgan fingerprint density at radius 2 is 2.11 bits per heavy atom. The Balaban J connectivity index is 2.25. The van der Waals surface area contributed by atoms with E-state index >= 15 is 0 Å². The lowest BCUT2D eigenvalue weighted by atomic mass is 10.2. The predicted octanol–water partition coefficient (Wildman–Crippen LogP) is 2.66. The number of benzene rings is 1. The number of hydrogen-bond acceptors (Lipinski definition) is 4. The molecule has 0 spiro atoms. The second-order valence-corrected chi connectivity index (χ2v) is 4.56. The molecule has 98 valence electrons. The molecule has 2 rings (SSSR count). The molecule has 1 heterocycles. The highest BCUT2D eigenvalue weighted by Crippen LogP contribution is 2.28. The molecular formula is C13H10BrNO4. The first-order valence-corrected chi connectivity index (χ1v) is 6.13. The minimum atomic E-state index is -0.503. The van der Waals surface area contributed by atoms with Gasteiger partial charge in [0.15, 0.2) is 0 Å². The number of hydrogen-bond donors (Lipinski definition) is 1. The molecule has 0 aliphatic heterocycles. The van der Waals surface area contributed by atoms with Crippen molar-refractivity contribution in [2.45, 2.75) is 0 Å². The second-order valence-electron chi connectivity index (χ2n) is 3.64. The molecule has 0 aliphatic rings. The lowest BCUT2D eigenvalue weighted by Gasteiger charge is -2.10. The van der Waals surface area contributed by atoms with Gasteiger partial charge in [0.1, 0.15) is 12.0 Å². The van der Waals surface area contributed by atoms with E-state index in [1.54, 1.807) is 18.2 Å². The van der Waals surface area contributed by atoms with Crippen molar-refractivity contribution >= 4 is 27.5 Å². The van der Waals surface area contributed by atoms with Crippen molar-refractivity contribution in [1.82, 2.24) is 0 Å². The zero-order chi connectivity index (χ0) is 13.8. The maximum Gasteiger partial charge on any atom is 0.335 e. The summed E-state index contributed by atoms with van der Waals surface area (Å²) in [5.41, 5.74) is 0.270. The molecule has 0 atom stereocenters. The predicted molar refractivity (Wildman–Crippen MR) is 73.6 cm³/mol. The number of carbonyl (C=O) groups excluding carboxylic acids is 1. The standard InChI is InChI=1S/C13H10BrNO4/c1-18-11-4-3-9(14)6-10(11)15-13(17)8-2-5-12(16)19-7-8/h2-7H,1H3,(H,15,17). The van der Waals surface area contributed by atoms with Gasteiger partial charge in [0.05, 0.1) is 18.4 Å². The van der Waals surface area contributed by atoms with Crippen LogP contribution in [0.3, 0.4) is 0 Å². The van der Waals surface area contributed by atoms with Gasteiger partial charge in [-0.25, -0.2) is 4.79 Å². The van der Waals surface area contributed by atoms with Gasteiger partial charge in [-0.2, -0.15) is 0 Å². The van der Waals surface area contributed by atoms with Crippen LogP contribution in [0, 0.1) is 0 Å². The molecule has 0 unspecified atom stereocenters. The highest BCUT2D eigenvalue weighted by atomic mass is 79.9. The summed E-state index contributed by atoms with van der Waals surface area (Å²) in [5.74, 6) is 0.147. The van der Waals surface area contributed by atoms with Crippen molar-refractivity contribution in [1.29, 1.82) is 0 Å². The van der Waals surface area contributed by atoms with E-state index in [2.05, 4.69) is 25.7 Å². The molecule has 0 radical (unpaired) electrons. The number of nitrogens with one attached hydrogen (secondary N) is 1. The molecule has 5 nitrogen and oxygen atoms in total. The molecule has 0 fully saturated rings. The number of rotatable bonds is 3. The van der Waals surface area contributed by atoms with Crippen molar-refractivity contribution in [2.24, 2.45) is 0 Å². The summed E-state index contributed by atoms with van der Waals surface area (Å²) < 4.78 is 10.6. The van der Waals surface area contributed by atoms with Gasteiger partial charge in [0.25, 0.3) is 5.91 Å².